The Kier molecular flexibility index (Phi) is 9.82. The molecule has 0 spiro atoms. The predicted octanol–water partition coefficient (Wildman–Crippen LogP) is 5.07. The number of benzene rings is 2. The second-order valence-corrected chi connectivity index (χ2v) is 10.3. The fourth-order valence-electron chi connectivity index (χ4n) is 5.11. The zero-order chi connectivity index (χ0) is 28.6. The Balaban J connectivity index is 1.55. The largest absolute Gasteiger partial charge is 0.494 e. The lowest BCUT2D eigenvalue weighted by Gasteiger charge is -2.33. The SMILES string of the molecule is CCOC(=O)CC(c1ccc2c(c1)CCO2)N(Cc1ccc(OCCn2c(O)ccc2O)c(OC)c1)CC(C)C. The number of carbonyl (C=O) groups is 1. The van der Waals surface area contributed by atoms with E-state index in [2.05, 4.69) is 30.9 Å². The van der Waals surface area contributed by atoms with Crippen LogP contribution in [0.5, 0.6) is 29.0 Å². The summed E-state index contributed by atoms with van der Waals surface area (Å²) in [7, 11) is 1.59. The average molecular weight is 553 g/mol. The molecule has 0 fully saturated rings. The molecule has 9 heteroatoms. The quantitative estimate of drug-likeness (QED) is 0.267. The average Bonchev–Trinajstić information content (AvgIpc) is 3.53. The number of hydrogen-bond donors (Lipinski definition) is 2. The van der Waals surface area contributed by atoms with Crippen molar-refractivity contribution in [2.45, 2.75) is 52.7 Å². The third-order valence-corrected chi connectivity index (χ3v) is 6.92. The molecule has 2 heterocycles. The minimum atomic E-state index is -0.223. The van der Waals surface area contributed by atoms with Crippen molar-refractivity contribution < 1.29 is 34.0 Å². The van der Waals surface area contributed by atoms with Crippen LogP contribution in [0.15, 0.2) is 48.5 Å². The van der Waals surface area contributed by atoms with Crippen molar-refractivity contribution in [2.24, 2.45) is 5.92 Å². The van der Waals surface area contributed by atoms with Crippen molar-refractivity contribution in [3.8, 4) is 29.0 Å². The number of aromatic hydroxyl groups is 2. The number of fused-ring (bicyclic) bond motifs is 1. The summed E-state index contributed by atoms with van der Waals surface area (Å²) >= 11 is 0. The van der Waals surface area contributed by atoms with Crippen molar-refractivity contribution in [1.82, 2.24) is 9.47 Å². The van der Waals surface area contributed by atoms with Crippen molar-refractivity contribution in [3.63, 3.8) is 0 Å². The minimum absolute atomic E-state index is 0.0260. The topological polar surface area (TPSA) is 103 Å². The van der Waals surface area contributed by atoms with Crippen LogP contribution in [0.25, 0.3) is 0 Å². The fourth-order valence-corrected chi connectivity index (χ4v) is 5.11. The molecule has 0 saturated heterocycles. The molecule has 0 radical (unpaired) electrons. The number of methoxy groups -OCH3 is 1. The second kappa shape index (κ2) is 13.5. The predicted molar refractivity (Wildman–Crippen MR) is 151 cm³/mol. The third-order valence-electron chi connectivity index (χ3n) is 6.92. The Hall–Kier alpha value is -3.85. The van der Waals surface area contributed by atoms with E-state index >= 15 is 0 Å². The van der Waals surface area contributed by atoms with E-state index < -0.39 is 0 Å². The molecule has 1 aliphatic rings. The first-order valence-electron chi connectivity index (χ1n) is 13.8. The maximum Gasteiger partial charge on any atom is 0.307 e. The summed E-state index contributed by atoms with van der Waals surface area (Å²) in [5.74, 6) is 2.15. The van der Waals surface area contributed by atoms with Crippen LogP contribution in [0.2, 0.25) is 0 Å². The van der Waals surface area contributed by atoms with Gasteiger partial charge in [-0.2, -0.15) is 0 Å². The number of ether oxygens (including phenoxy) is 4. The summed E-state index contributed by atoms with van der Waals surface area (Å²) in [6, 6.07) is 14.7. The molecule has 9 nitrogen and oxygen atoms in total. The Morgan fingerprint density at radius 2 is 1.85 bits per heavy atom. The molecule has 0 aliphatic carbocycles. The van der Waals surface area contributed by atoms with Crippen LogP contribution in [0, 0.1) is 5.92 Å². The number of nitrogens with zero attached hydrogens (tertiary/aromatic N) is 2. The molecule has 1 aliphatic heterocycles. The summed E-state index contributed by atoms with van der Waals surface area (Å²) in [6.45, 7) is 9.07. The van der Waals surface area contributed by atoms with Gasteiger partial charge in [0.1, 0.15) is 12.4 Å². The van der Waals surface area contributed by atoms with Crippen LogP contribution in [-0.4, -0.2) is 59.1 Å². The molecule has 4 rings (SSSR count). The van der Waals surface area contributed by atoms with Crippen LogP contribution in [0.1, 0.15) is 49.9 Å². The molecule has 2 N–H and O–H groups in total. The first-order valence-corrected chi connectivity index (χ1v) is 13.8. The van der Waals surface area contributed by atoms with Gasteiger partial charge in [-0.1, -0.05) is 32.0 Å². The van der Waals surface area contributed by atoms with Gasteiger partial charge in [0.15, 0.2) is 23.3 Å². The minimum Gasteiger partial charge on any atom is -0.494 e. The van der Waals surface area contributed by atoms with Gasteiger partial charge in [0.05, 0.1) is 33.3 Å². The number of esters is 1. The molecule has 2 aromatic carbocycles. The maximum atomic E-state index is 12.7. The third kappa shape index (κ3) is 7.21. The van der Waals surface area contributed by atoms with Crippen LogP contribution in [-0.2, 0) is 29.0 Å². The van der Waals surface area contributed by atoms with E-state index in [4.69, 9.17) is 18.9 Å². The Morgan fingerprint density at radius 3 is 2.55 bits per heavy atom. The summed E-state index contributed by atoms with van der Waals surface area (Å²) in [6.07, 6.45) is 1.11. The van der Waals surface area contributed by atoms with Gasteiger partial charge < -0.3 is 29.2 Å². The van der Waals surface area contributed by atoms with Gasteiger partial charge in [-0.05, 0) is 47.7 Å². The van der Waals surface area contributed by atoms with E-state index in [-0.39, 0.29) is 43.3 Å². The van der Waals surface area contributed by atoms with Crippen LogP contribution in [0.4, 0.5) is 0 Å². The van der Waals surface area contributed by atoms with Gasteiger partial charge in [-0.15, -0.1) is 0 Å². The van der Waals surface area contributed by atoms with Gasteiger partial charge in [0, 0.05) is 37.7 Å². The second-order valence-electron chi connectivity index (χ2n) is 10.3. The molecule has 0 amide bonds. The van der Waals surface area contributed by atoms with E-state index in [1.807, 2.05) is 31.2 Å². The highest BCUT2D eigenvalue weighted by molar-refractivity contribution is 5.70. The van der Waals surface area contributed by atoms with Gasteiger partial charge in [-0.25, -0.2) is 0 Å². The Labute approximate surface area is 235 Å². The standard InChI is InChI=1S/C31H40N2O7/c1-5-38-31(36)18-25(23-7-9-26-24(17-23)12-14-39-26)32(19-21(2)3)20-22-6-8-27(28(16-22)37-4)40-15-13-33-29(34)10-11-30(33)35/h6-11,16-17,21,25,34-35H,5,12-15,18-20H2,1-4H3. The van der Waals surface area contributed by atoms with Crippen molar-refractivity contribution >= 4 is 5.97 Å². The van der Waals surface area contributed by atoms with Gasteiger partial charge in [-0.3, -0.25) is 14.3 Å². The van der Waals surface area contributed by atoms with Crippen molar-refractivity contribution in [1.29, 1.82) is 0 Å². The van der Waals surface area contributed by atoms with Crippen molar-refractivity contribution in [3.05, 3.63) is 65.2 Å². The maximum absolute atomic E-state index is 12.7. The van der Waals surface area contributed by atoms with Crippen molar-refractivity contribution in [2.75, 3.05) is 33.5 Å². The van der Waals surface area contributed by atoms with Crippen LogP contribution < -0.4 is 14.2 Å². The number of carbonyl (C=O) groups excluding carboxylic acids is 1. The van der Waals surface area contributed by atoms with Crippen LogP contribution >= 0.6 is 0 Å². The number of rotatable bonds is 14. The summed E-state index contributed by atoms with van der Waals surface area (Å²) in [5, 5.41) is 19.7. The summed E-state index contributed by atoms with van der Waals surface area (Å²) < 4.78 is 24.0. The molecule has 216 valence electrons. The van der Waals surface area contributed by atoms with Gasteiger partial charge in [0.2, 0.25) is 0 Å². The molecule has 1 unspecified atom stereocenters. The lowest BCUT2D eigenvalue weighted by molar-refractivity contribution is -0.144. The monoisotopic (exact) mass is 552 g/mol. The zero-order valence-electron chi connectivity index (χ0n) is 23.8. The highest BCUT2D eigenvalue weighted by Crippen LogP contribution is 2.35. The first-order chi connectivity index (χ1) is 19.3. The molecular formula is C31H40N2O7. The van der Waals surface area contributed by atoms with E-state index in [1.165, 1.54) is 22.3 Å². The molecule has 0 saturated carbocycles. The lowest BCUT2D eigenvalue weighted by atomic mass is 9.97. The van der Waals surface area contributed by atoms with E-state index in [0.29, 0.717) is 37.2 Å². The summed E-state index contributed by atoms with van der Waals surface area (Å²) in [4.78, 5) is 15.1. The van der Waals surface area contributed by atoms with Gasteiger partial charge in [0.25, 0.3) is 0 Å². The Bertz CT molecular complexity index is 1270. The molecule has 3 aromatic rings. The highest BCUT2D eigenvalue weighted by Gasteiger charge is 2.27. The fraction of sp³-hybridized carbons (Fsp3) is 0.452. The lowest BCUT2D eigenvalue weighted by Crippen LogP contribution is -2.33. The van der Waals surface area contributed by atoms with E-state index in [1.54, 1.807) is 7.11 Å². The molecule has 0 bridgehead atoms. The zero-order valence-corrected chi connectivity index (χ0v) is 23.8. The molecular weight excluding hydrogens is 512 g/mol. The first kappa shape index (κ1) is 29.1. The molecule has 1 atom stereocenters. The number of hydrogen-bond acceptors (Lipinski definition) is 8. The van der Waals surface area contributed by atoms with E-state index in [0.717, 1.165) is 29.8 Å². The van der Waals surface area contributed by atoms with Crippen LogP contribution in [0.3, 0.4) is 0 Å². The smallest absolute Gasteiger partial charge is 0.307 e. The Morgan fingerprint density at radius 1 is 1.07 bits per heavy atom. The van der Waals surface area contributed by atoms with Gasteiger partial charge >= 0.3 is 5.97 Å². The summed E-state index contributed by atoms with van der Waals surface area (Å²) in [5.41, 5.74) is 3.26. The highest BCUT2D eigenvalue weighted by atomic mass is 16.5. The normalized spacial score (nSPS) is 13.2. The molecule has 40 heavy (non-hydrogen) atoms. The number of aromatic nitrogens is 1. The molecule has 1 aromatic heterocycles. The van der Waals surface area contributed by atoms with E-state index in [9.17, 15) is 15.0 Å².